The maximum absolute atomic E-state index is 11.8. The Morgan fingerprint density at radius 3 is 2.52 bits per heavy atom. The van der Waals surface area contributed by atoms with Gasteiger partial charge in [-0.05, 0) is 48.9 Å². The van der Waals surface area contributed by atoms with Crippen LogP contribution in [0.25, 0.3) is 0 Å². The van der Waals surface area contributed by atoms with Crippen molar-refractivity contribution in [2.45, 2.75) is 6.92 Å². The van der Waals surface area contributed by atoms with Crippen LogP contribution in [0, 0.1) is 0 Å². The summed E-state index contributed by atoms with van der Waals surface area (Å²) in [4.78, 5) is 23.6. The predicted octanol–water partition coefficient (Wildman–Crippen LogP) is 2.18. The van der Waals surface area contributed by atoms with Crippen LogP contribution in [0.15, 0.2) is 53.6 Å². The van der Waals surface area contributed by atoms with Gasteiger partial charge in [0, 0.05) is 5.69 Å². The first-order valence-corrected chi connectivity index (χ1v) is 7.63. The van der Waals surface area contributed by atoms with Crippen molar-refractivity contribution in [3.05, 3.63) is 54.1 Å². The van der Waals surface area contributed by atoms with Crippen molar-refractivity contribution in [1.82, 2.24) is 5.43 Å². The number of rotatable bonds is 6. The second-order valence-electron chi connectivity index (χ2n) is 4.89. The summed E-state index contributed by atoms with van der Waals surface area (Å²) >= 11 is 0. The number of nitrogens with one attached hydrogen (secondary N) is 2. The standard InChI is InChI=1S/C18H19N3O4/c1-3-25-15-9-7-14(8-10-15)20-17(22)18(23)21-19-12-13-5-4-6-16(11-13)24-2/h4-12H,3H2,1-2H3,(H,20,22)(H,21,23)/b19-12+. The van der Waals surface area contributed by atoms with Crippen molar-refractivity contribution in [2.24, 2.45) is 5.10 Å². The minimum atomic E-state index is -0.868. The fraction of sp³-hybridized carbons (Fsp3) is 0.167. The molecule has 0 heterocycles. The van der Waals surface area contributed by atoms with E-state index in [-0.39, 0.29) is 0 Å². The van der Waals surface area contributed by atoms with Crippen LogP contribution in [0.4, 0.5) is 5.69 Å². The van der Waals surface area contributed by atoms with Crippen molar-refractivity contribution in [3.63, 3.8) is 0 Å². The van der Waals surface area contributed by atoms with Crippen LogP contribution in [-0.2, 0) is 9.59 Å². The lowest BCUT2D eigenvalue weighted by atomic mass is 10.2. The third-order valence-corrected chi connectivity index (χ3v) is 3.10. The van der Waals surface area contributed by atoms with Gasteiger partial charge in [-0.2, -0.15) is 5.10 Å². The number of carbonyl (C=O) groups is 2. The van der Waals surface area contributed by atoms with Crippen molar-refractivity contribution < 1.29 is 19.1 Å². The monoisotopic (exact) mass is 341 g/mol. The van der Waals surface area contributed by atoms with Crippen molar-refractivity contribution in [3.8, 4) is 11.5 Å². The van der Waals surface area contributed by atoms with Gasteiger partial charge in [0.1, 0.15) is 11.5 Å². The number of benzene rings is 2. The fourth-order valence-corrected chi connectivity index (χ4v) is 1.93. The largest absolute Gasteiger partial charge is 0.497 e. The zero-order valence-corrected chi connectivity index (χ0v) is 14.0. The van der Waals surface area contributed by atoms with Gasteiger partial charge < -0.3 is 14.8 Å². The highest BCUT2D eigenvalue weighted by Crippen LogP contribution is 2.15. The summed E-state index contributed by atoms with van der Waals surface area (Å²) in [6.07, 6.45) is 1.42. The predicted molar refractivity (Wildman–Crippen MR) is 95.0 cm³/mol. The Morgan fingerprint density at radius 1 is 1.08 bits per heavy atom. The lowest BCUT2D eigenvalue weighted by Gasteiger charge is -2.06. The molecular weight excluding hydrogens is 322 g/mol. The van der Waals surface area contributed by atoms with Crippen LogP contribution in [0.1, 0.15) is 12.5 Å². The van der Waals surface area contributed by atoms with Gasteiger partial charge in [0.2, 0.25) is 0 Å². The number of carbonyl (C=O) groups excluding carboxylic acids is 2. The first-order chi connectivity index (χ1) is 12.1. The minimum absolute atomic E-state index is 0.486. The van der Waals surface area contributed by atoms with Gasteiger partial charge in [-0.3, -0.25) is 9.59 Å². The molecule has 7 heteroatoms. The lowest BCUT2D eigenvalue weighted by molar-refractivity contribution is -0.136. The summed E-state index contributed by atoms with van der Waals surface area (Å²) in [6, 6.07) is 13.8. The molecule has 0 unspecified atom stereocenters. The quantitative estimate of drug-likeness (QED) is 0.479. The highest BCUT2D eigenvalue weighted by Gasteiger charge is 2.12. The number of hydrazone groups is 1. The van der Waals surface area contributed by atoms with Crippen molar-refractivity contribution in [2.75, 3.05) is 19.0 Å². The Labute approximate surface area is 145 Å². The molecule has 0 spiro atoms. The second kappa shape index (κ2) is 9.07. The minimum Gasteiger partial charge on any atom is -0.497 e. The van der Waals surface area contributed by atoms with Crippen LogP contribution in [0.3, 0.4) is 0 Å². The molecule has 130 valence electrons. The van der Waals surface area contributed by atoms with E-state index in [1.165, 1.54) is 6.21 Å². The highest BCUT2D eigenvalue weighted by molar-refractivity contribution is 6.39. The Hall–Kier alpha value is -3.35. The molecule has 0 aliphatic rings. The van der Waals surface area contributed by atoms with Gasteiger partial charge in [0.05, 0.1) is 19.9 Å². The van der Waals surface area contributed by atoms with E-state index in [2.05, 4.69) is 15.8 Å². The molecule has 25 heavy (non-hydrogen) atoms. The second-order valence-corrected chi connectivity index (χ2v) is 4.89. The summed E-state index contributed by atoms with van der Waals surface area (Å²) in [7, 11) is 1.56. The van der Waals surface area contributed by atoms with Crippen LogP contribution in [-0.4, -0.2) is 31.7 Å². The molecule has 2 N–H and O–H groups in total. The van der Waals surface area contributed by atoms with Crippen LogP contribution in [0.2, 0.25) is 0 Å². The van der Waals surface area contributed by atoms with E-state index in [4.69, 9.17) is 9.47 Å². The van der Waals surface area contributed by atoms with E-state index < -0.39 is 11.8 Å². The van der Waals surface area contributed by atoms with E-state index >= 15 is 0 Å². The number of hydrogen-bond acceptors (Lipinski definition) is 5. The normalized spacial score (nSPS) is 10.3. The molecule has 7 nitrogen and oxygen atoms in total. The van der Waals surface area contributed by atoms with E-state index in [1.807, 2.05) is 6.92 Å². The first kappa shape index (κ1) is 18.0. The van der Waals surface area contributed by atoms with Gasteiger partial charge in [-0.25, -0.2) is 5.43 Å². The summed E-state index contributed by atoms with van der Waals surface area (Å²) in [6.45, 7) is 2.44. The zero-order chi connectivity index (χ0) is 18.1. The van der Waals surface area contributed by atoms with E-state index in [1.54, 1.807) is 55.6 Å². The molecule has 0 aromatic heterocycles. The third kappa shape index (κ3) is 5.65. The zero-order valence-electron chi connectivity index (χ0n) is 14.0. The Kier molecular flexibility index (Phi) is 6.53. The highest BCUT2D eigenvalue weighted by atomic mass is 16.5. The molecule has 0 bridgehead atoms. The van der Waals surface area contributed by atoms with Gasteiger partial charge in [0.25, 0.3) is 0 Å². The Bertz CT molecular complexity index is 757. The number of anilines is 1. The van der Waals surface area contributed by atoms with Crippen molar-refractivity contribution >= 4 is 23.7 Å². The number of ether oxygens (including phenoxy) is 2. The average molecular weight is 341 g/mol. The smallest absolute Gasteiger partial charge is 0.329 e. The average Bonchev–Trinajstić information content (AvgIpc) is 2.63. The molecule has 2 aromatic rings. The molecule has 0 radical (unpaired) electrons. The SMILES string of the molecule is CCOc1ccc(NC(=O)C(=O)N/N=C/c2cccc(OC)c2)cc1. The summed E-state index contributed by atoms with van der Waals surface area (Å²) < 4.78 is 10.4. The Morgan fingerprint density at radius 2 is 1.84 bits per heavy atom. The third-order valence-electron chi connectivity index (χ3n) is 3.10. The fourth-order valence-electron chi connectivity index (χ4n) is 1.93. The van der Waals surface area contributed by atoms with Gasteiger partial charge in [-0.1, -0.05) is 12.1 Å². The molecule has 2 amide bonds. The maximum atomic E-state index is 11.8. The van der Waals surface area contributed by atoms with Crippen LogP contribution >= 0.6 is 0 Å². The number of nitrogens with zero attached hydrogens (tertiary/aromatic N) is 1. The van der Waals surface area contributed by atoms with E-state index in [0.717, 1.165) is 5.56 Å². The van der Waals surface area contributed by atoms with E-state index in [9.17, 15) is 9.59 Å². The van der Waals surface area contributed by atoms with Gasteiger partial charge in [-0.15, -0.1) is 0 Å². The van der Waals surface area contributed by atoms with Gasteiger partial charge >= 0.3 is 11.8 Å². The number of amides is 2. The summed E-state index contributed by atoms with van der Waals surface area (Å²) in [5.74, 6) is -0.323. The van der Waals surface area contributed by atoms with E-state index in [0.29, 0.717) is 23.8 Å². The van der Waals surface area contributed by atoms with Crippen LogP contribution in [0.5, 0.6) is 11.5 Å². The molecule has 0 atom stereocenters. The lowest BCUT2D eigenvalue weighted by Crippen LogP contribution is -2.32. The number of hydrogen-bond donors (Lipinski definition) is 2. The van der Waals surface area contributed by atoms with Crippen molar-refractivity contribution in [1.29, 1.82) is 0 Å². The molecule has 2 rings (SSSR count). The Balaban J connectivity index is 1.87. The van der Waals surface area contributed by atoms with Crippen LogP contribution < -0.4 is 20.2 Å². The molecule has 0 aliphatic carbocycles. The summed E-state index contributed by atoms with van der Waals surface area (Å²) in [5, 5.41) is 6.23. The topological polar surface area (TPSA) is 89.0 Å². The molecule has 0 saturated carbocycles. The molecule has 0 saturated heterocycles. The molecule has 2 aromatic carbocycles. The summed E-state index contributed by atoms with van der Waals surface area (Å²) in [5.41, 5.74) is 3.39. The molecule has 0 aliphatic heterocycles. The first-order valence-electron chi connectivity index (χ1n) is 7.63. The molecular formula is C18H19N3O4. The molecule has 0 fully saturated rings. The maximum Gasteiger partial charge on any atom is 0.329 e. The number of methoxy groups -OCH3 is 1. The van der Waals surface area contributed by atoms with Gasteiger partial charge in [0.15, 0.2) is 0 Å².